The number of ether oxygens (including phenoxy) is 2. The summed E-state index contributed by atoms with van der Waals surface area (Å²) in [5.74, 6) is -2.55. The first-order valence-electron chi connectivity index (χ1n) is 15.8. The summed E-state index contributed by atoms with van der Waals surface area (Å²) in [5.41, 5.74) is 2.63. The number of benzene rings is 2. The Kier molecular flexibility index (Phi) is 11.0. The van der Waals surface area contributed by atoms with Crippen LogP contribution in [0.1, 0.15) is 31.4 Å². The zero-order chi connectivity index (χ0) is 36.4. The van der Waals surface area contributed by atoms with E-state index in [1.165, 1.54) is 88.3 Å². The maximum atomic E-state index is 13.6. The maximum absolute atomic E-state index is 13.6. The molecule has 16 nitrogen and oxygen atoms in total. The number of aliphatic hydroxyl groups excluding tert-OH is 1. The van der Waals surface area contributed by atoms with Crippen LogP contribution in [0.25, 0.3) is 0 Å². The van der Waals surface area contributed by atoms with Crippen molar-refractivity contribution in [2.75, 3.05) is 6.54 Å². The molecule has 1 aromatic heterocycles. The minimum absolute atomic E-state index is 0.0725. The van der Waals surface area contributed by atoms with E-state index >= 15 is 0 Å². The number of non-ortho nitro benzene ring substituents is 2. The lowest BCUT2D eigenvalue weighted by atomic mass is 9.79. The Labute approximate surface area is 303 Å². The number of aliphatic hydroxyl groups is 1. The molecule has 2 fully saturated rings. The number of thioether (sulfide) groups is 2. The quantitative estimate of drug-likeness (QED) is 0.0785. The number of amides is 1. The Morgan fingerprint density at radius 3 is 2.22 bits per heavy atom. The second kappa shape index (κ2) is 15.4. The van der Waals surface area contributed by atoms with Crippen LogP contribution in [-0.2, 0) is 37.1 Å². The fourth-order valence-corrected chi connectivity index (χ4v) is 9.68. The number of nitro groups is 2. The minimum atomic E-state index is -0.921. The Bertz CT molecular complexity index is 1840. The molecule has 0 bridgehead atoms. The Morgan fingerprint density at radius 2 is 1.67 bits per heavy atom. The van der Waals surface area contributed by atoms with E-state index in [2.05, 4.69) is 15.5 Å². The van der Waals surface area contributed by atoms with Gasteiger partial charge in [-0.3, -0.25) is 29.8 Å². The van der Waals surface area contributed by atoms with Gasteiger partial charge in [0.1, 0.15) is 29.7 Å². The molecule has 3 aromatic rings. The van der Waals surface area contributed by atoms with Crippen molar-refractivity contribution in [1.82, 2.24) is 20.4 Å². The van der Waals surface area contributed by atoms with E-state index in [4.69, 9.17) is 9.47 Å². The van der Waals surface area contributed by atoms with Crippen LogP contribution in [0.3, 0.4) is 0 Å². The number of rotatable bonds is 14. The Hall–Kier alpha value is -4.43. The molecule has 3 aliphatic heterocycles. The highest BCUT2D eigenvalue weighted by atomic mass is 32.2. The monoisotopic (exact) mass is 756 g/mol. The third-order valence-electron chi connectivity index (χ3n) is 8.93. The van der Waals surface area contributed by atoms with Crippen molar-refractivity contribution >= 4 is 64.1 Å². The highest BCUT2D eigenvalue weighted by molar-refractivity contribution is 8.03. The summed E-state index contributed by atoms with van der Waals surface area (Å²) in [7, 11) is 0. The highest BCUT2D eigenvalue weighted by Gasteiger charge is 2.60. The molecule has 2 N–H and O–H groups in total. The second-order valence-electron chi connectivity index (χ2n) is 12.2. The molecule has 6 rings (SSSR count). The van der Waals surface area contributed by atoms with Gasteiger partial charge in [-0.1, -0.05) is 30.0 Å². The highest BCUT2D eigenvalue weighted by Crippen LogP contribution is 2.52. The summed E-state index contributed by atoms with van der Waals surface area (Å²) >= 11 is 3.93. The number of aromatic nitrogens is 2. The number of nitro benzene ring substituents is 2. The van der Waals surface area contributed by atoms with Gasteiger partial charge in [0.15, 0.2) is 4.34 Å². The van der Waals surface area contributed by atoms with Crippen molar-refractivity contribution in [3.8, 4) is 0 Å². The van der Waals surface area contributed by atoms with Crippen LogP contribution >= 0.6 is 34.9 Å². The molecule has 51 heavy (non-hydrogen) atoms. The van der Waals surface area contributed by atoms with Crippen molar-refractivity contribution in [3.63, 3.8) is 0 Å². The lowest BCUT2D eigenvalue weighted by Gasteiger charge is -2.46. The molecule has 2 saturated heterocycles. The third-order valence-corrected chi connectivity index (χ3v) is 12.6. The predicted molar refractivity (Wildman–Crippen MR) is 185 cm³/mol. The standard InChI is InChI=1S/C32H32N6O10S3/c1-16-25-24(17(2)39)29(40)36(25)26(30(41)47-13-18-3-7-20(8-4-18)37(43)44)27(16)50-22-11-23(33-12-22)28(51-32-35-34-15-49-32)31(42)48-14-19-5-9-21(10-6-19)38(45)46/h3-10,15-17,22-25,28,33,39H,11-14H2,1-2H3/t16-,17-,22?,23?,24-,25-,28?/m1/s1. The summed E-state index contributed by atoms with van der Waals surface area (Å²) < 4.78 is 11.9. The zero-order valence-electron chi connectivity index (χ0n) is 27.1. The molecular weight excluding hydrogens is 725 g/mol. The summed E-state index contributed by atoms with van der Waals surface area (Å²) in [6.07, 6.45) is -0.427. The smallest absolute Gasteiger partial charge is 0.356 e. The van der Waals surface area contributed by atoms with Crippen molar-refractivity contribution in [2.45, 2.75) is 66.5 Å². The number of esters is 2. The largest absolute Gasteiger partial charge is 0.460 e. The average molecular weight is 757 g/mol. The first kappa shape index (κ1) is 36.4. The van der Waals surface area contributed by atoms with Crippen molar-refractivity contribution < 1.29 is 38.8 Å². The molecule has 7 atom stereocenters. The van der Waals surface area contributed by atoms with Gasteiger partial charge < -0.3 is 24.8 Å². The molecule has 1 amide bonds. The Morgan fingerprint density at radius 1 is 1.06 bits per heavy atom. The van der Waals surface area contributed by atoms with Crippen LogP contribution in [0.15, 0.2) is 69.0 Å². The average Bonchev–Trinajstić information content (AvgIpc) is 3.85. The first-order chi connectivity index (χ1) is 24.4. The topological polar surface area (TPSA) is 217 Å². The molecule has 0 spiro atoms. The minimum Gasteiger partial charge on any atom is -0.460 e. The molecule has 268 valence electrons. The second-order valence-corrected chi connectivity index (χ2v) is 15.8. The molecule has 0 aliphatic carbocycles. The van der Waals surface area contributed by atoms with E-state index < -0.39 is 45.1 Å². The van der Waals surface area contributed by atoms with E-state index in [1.54, 1.807) is 12.4 Å². The number of carbonyl (C=O) groups is 3. The van der Waals surface area contributed by atoms with E-state index in [0.717, 1.165) is 0 Å². The normalized spacial score (nSPS) is 23.7. The SMILES string of the molecule is C[C@@H](O)[C@H]1C(=O)N2C(C(=O)OCc3ccc([N+](=O)[O-])cc3)=C(SC3CNC(C(Sc4nncs4)C(=O)OCc4ccc([N+](=O)[O-])cc4)C3)[C@H](C)[C@H]12. The van der Waals surface area contributed by atoms with Crippen LogP contribution in [0.5, 0.6) is 0 Å². The van der Waals surface area contributed by atoms with Crippen LogP contribution in [0.2, 0.25) is 0 Å². The summed E-state index contributed by atoms with van der Waals surface area (Å²) in [4.78, 5) is 63.4. The molecule has 0 saturated carbocycles. The number of nitrogens with zero attached hydrogens (tertiary/aromatic N) is 5. The van der Waals surface area contributed by atoms with Crippen LogP contribution < -0.4 is 5.32 Å². The molecule has 3 aliphatic rings. The van der Waals surface area contributed by atoms with Crippen molar-refractivity contribution in [2.24, 2.45) is 11.8 Å². The molecule has 0 radical (unpaired) electrons. The van der Waals surface area contributed by atoms with Gasteiger partial charge in [-0.2, -0.15) is 0 Å². The van der Waals surface area contributed by atoms with Gasteiger partial charge in [-0.15, -0.1) is 22.0 Å². The van der Waals surface area contributed by atoms with E-state index in [-0.39, 0.29) is 53.4 Å². The van der Waals surface area contributed by atoms with Crippen LogP contribution in [-0.4, -0.2) is 83.1 Å². The van der Waals surface area contributed by atoms with Gasteiger partial charge in [0.05, 0.1) is 27.9 Å². The first-order valence-corrected chi connectivity index (χ1v) is 18.5. The van der Waals surface area contributed by atoms with Gasteiger partial charge in [-0.05, 0) is 48.7 Å². The number of hydrogen-bond acceptors (Lipinski definition) is 16. The lowest BCUT2D eigenvalue weighted by molar-refractivity contribution is -0.385. The predicted octanol–water partition coefficient (Wildman–Crippen LogP) is 3.83. The van der Waals surface area contributed by atoms with Gasteiger partial charge >= 0.3 is 11.9 Å². The fourth-order valence-electron chi connectivity index (χ4n) is 6.40. The lowest BCUT2D eigenvalue weighted by Crippen LogP contribution is -2.63. The van der Waals surface area contributed by atoms with E-state index in [9.17, 15) is 39.7 Å². The van der Waals surface area contributed by atoms with Crippen LogP contribution in [0, 0.1) is 32.1 Å². The van der Waals surface area contributed by atoms with Gasteiger partial charge in [0.2, 0.25) is 5.91 Å². The number of fused-ring (bicyclic) bond motifs is 1. The summed E-state index contributed by atoms with van der Waals surface area (Å²) in [6.45, 7) is 3.67. The van der Waals surface area contributed by atoms with Crippen molar-refractivity contribution in [3.05, 3.63) is 96.0 Å². The molecule has 2 aromatic carbocycles. The maximum Gasteiger partial charge on any atom is 0.356 e. The molecular formula is C32H32N6O10S3. The van der Waals surface area contributed by atoms with Crippen LogP contribution in [0.4, 0.5) is 11.4 Å². The molecule has 4 heterocycles. The molecule has 3 unspecified atom stereocenters. The number of nitrogens with one attached hydrogen (secondary N) is 1. The van der Waals surface area contributed by atoms with E-state index in [1.807, 2.05) is 6.92 Å². The fraction of sp³-hybridized carbons (Fsp3) is 0.406. The number of carbonyl (C=O) groups excluding carboxylic acids is 3. The van der Waals surface area contributed by atoms with E-state index in [0.29, 0.717) is 33.3 Å². The van der Waals surface area contributed by atoms with Gasteiger partial charge in [0.25, 0.3) is 11.4 Å². The number of β-lactam (4-membered cyclic amide) rings is 1. The van der Waals surface area contributed by atoms with Gasteiger partial charge in [-0.25, -0.2) is 4.79 Å². The third kappa shape index (κ3) is 7.76. The van der Waals surface area contributed by atoms with Crippen molar-refractivity contribution in [1.29, 1.82) is 0 Å². The van der Waals surface area contributed by atoms with Gasteiger partial charge in [0, 0.05) is 52.9 Å². The number of hydrogen-bond donors (Lipinski definition) is 2. The summed E-state index contributed by atoms with van der Waals surface area (Å²) in [6, 6.07) is 10.6. The summed E-state index contributed by atoms with van der Waals surface area (Å²) in [5, 5.41) is 42.9. The zero-order valence-corrected chi connectivity index (χ0v) is 29.6. The Balaban J connectivity index is 1.17. The molecule has 19 heteroatoms.